The van der Waals surface area contributed by atoms with Crippen molar-refractivity contribution >= 4 is 43.9 Å². The van der Waals surface area contributed by atoms with E-state index in [-0.39, 0.29) is 10.6 Å². The van der Waals surface area contributed by atoms with Gasteiger partial charge in [0.1, 0.15) is 11.4 Å². The Labute approximate surface area is 179 Å². The van der Waals surface area contributed by atoms with Crippen LogP contribution in [-0.4, -0.2) is 26.4 Å². The second kappa shape index (κ2) is 8.04. The minimum absolute atomic E-state index is 0.000597. The Morgan fingerprint density at radius 3 is 2.52 bits per heavy atom. The first-order valence-corrected chi connectivity index (χ1v) is 10.8. The highest BCUT2D eigenvalue weighted by Crippen LogP contribution is 2.32. The number of carbonyl (C=O) groups excluding carboxylic acids is 1. The summed E-state index contributed by atoms with van der Waals surface area (Å²) < 4.78 is 32.3. The number of ether oxygens (including phenoxy) is 1. The molecule has 8 nitrogen and oxygen atoms in total. The Morgan fingerprint density at radius 1 is 1.00 bits per heavy atom. The molecule has 0 atom stereocenters. The van der Waals surface area contributed by atoms with Crippen molar-refractivity contribution in [2.75, 3.05) is 18.2 Å². The van der Waals surface area contributed by atoms with Gasteiger partial charge in [0.15, 0.2) is 0 Å². The van der Waals surface area contributed by atoms with Crippen LogP contribution in [0.4, 0.5) is 17.1 Å². The van der Waals surface area contributed by atoms with Crippen LogP contribution in [0.1, 0.15) is 10.5 Å². The van der Waals surface area contributed by atoms with Crippen molar-refractivity contribution in [1.29, 1.82) is 0 Å². The predicted molar refractivity (Wildman–Crippen MR) is 120 cm³/mol. The van der Waals surface area contributed by atoms with Crippen LogP contribution in [0.3, 0.4) is 0 Å². The summed E-state index contributed by atoms with van der Waals surface area (Å²) in [4.78, 5) is 15.6. The molecular weight excluding hydrogens is 416 g/mol. The number of sulfonamides is 1. The molecule has 1 heterocycles. The number of methoxy groups -OCH3 is 1. The maximum Gasteiger partial charge on any atom is 0.281 e. The molecule has 9 heteroatoms. The molecule has 1 amide bonds. The van der Waals surface area contributed by atoms with Gasteiger partial charge in [0.2, 0.25) is 0 Å². The highest BCUT2D eigenvalue weighted by atomic mass is 32.2. The zero-order valence-electron chi connectivity index (χ0n) is 16.5. The van der Waals surface area contributed by atoms with Crippen LogP contribution in [-0.2, 0) is 10.0 Å². The third kappa shape index (κ3) is 4.17. The average Bonchev–Trinajstić information content (AvgIpc) is 3.23. The second-order valence-corrected chi connectivity index (χ2v) is 8.46. The highest BCUT2D eigenvalue weighted by Gasteiger charge is 2.21. The van der Waals surface area contributed by atoms with E-state index in [1.54, 1.807) is 43.5 Å². The second-order valence-electron chi connectivity index (χ2n) is 6.78. The number of amides is 1. The lowest BCUT2D eigenvalue weighted by Crippen LogP contribution is -2.30. The minimum Gasteiger partial charge on any atom is -0.497 e. The number of rotatable bonds is 6. The number of nitrogens with one attached hydrogen (secondary N) is 3. The van der Waals surface area contributed by atoms with E-state index in [0.717, 1.165) is 5.69 Å². The smallest absolute Gasteiger partial charge is 0.281 e. The molecule has 3 aromatic carbocycles. The number of aromatic nitrogens is 1. The summed E-state index contributed by atoms with van der Waals surface area (Å²) in [5.74, 6) is -0.0938. The van der Waals surface area contributed by atoms with E-state index in [9.17, 15) is 13.2 Å². The third-order valence-corrected chi connectivity index (χ3v) is 6.05. The molecule has 0 aliphatic rings. The number of anilines is 3. The highest BCUT2D eigenvalue weighted by molar-refractivity contribution is 7.90. The molecular formula is C22H20N4O4S. The van der Waals surface area contributed by atoms with Gasteiger partial charge >= 0.3 is 0 Å². The fraction of sp³-hybridized carbons (Fsp3) is 0.0455. The Balaban J connectivity index is 1.66. The normalized spacial score (nSPS) is 11.3. The molecule has 0 bridgehead atoms. The molecule has 158 valence electrons. The average molecular weight is 436 g/mol. The van der Waals surface area contributed by atoms with Crippen molar-refractivity contribution in [3.8, 4) is 5.75 Å². The number of aromatic amines is 1. The summed E-state index contributed by atoms with van der Waals surface area (Å²) in [6, 6.07) is 20.1. The Morgan fingerprint density at radius 2 is 1.77 bits per heavy atom. The zero-order valence-corrected chi connectivity index (χ0v) is 17.4. The maximum atomic E-state index is 12.7. The molecule has 4 rings (SSSR count). The Kier molecular flexibility index (Phi) is 5.26. The van der Waals surface area contributed by atoms with Crippen LogP contribution in [0.15, 0.2) is 77.7 Å². The number of nitrogens with two attached hydrogens (primary N) is 1. The summed E-state index contributed by atoms with van der Waals surface area (Å²) in [6.07, 6.45) is 0. The molecule has 1 aromatic heterocycles. The van der Waals surface area contributed by atoms with E-state index in [4.69, 9.17) is 10.5 Å². The quantitative estimate of drug-likeness (QED) is 0.342. The molecule has 31 heavy (non-hydrogen) atoms. The summed E-state index contributed by atoms with van der Waals surface area (Å²) >= 11 is 0. The zero-order chi connectivity index (χ0) is 22.0. The Hall–Kier alpha value is -3.98. The van der Waals surface area contributed by atoms with Gasteiger partial charge in [0.25, 0.3) is 15.9 Å². The van der Waals surface area contributed by atoms with E-state index in [2.05, 4.69) is 15.0 Å². The van der Waals surface area contributed by atoms with Gasteiger partial charge < -0.3 is 20.8 Å². The summed E-state index contributed by atoms with van der Waals surface area (Å²) in [6.45, 7) is 0. The van der Waals surface area contributed by atoms with Crippen LogP contribution in [0.25, 0.3) is 10.9 Å². The van der Waals surface area contributed by atoms with E-state index >= 15 is 0 Å². The van der Waals surface area contributed by atoms with E-state index in [0.29, 0.717) is 28.0 Å². The lowest BCUT2D eigenvalue weighted by molar-refractivity contribution is 0.0977. The van der Waals surface area contributed by atoms with E-state index in [1.165, 1.54) is 12.1 Å². The van der Waals surface area contributed by atoms with Crippen LogP contribution in [0, 0.1) is 0 Å². The van der Waals surface area contributed by atoms with Crippen molar-refractivity contribution < 1.29 is 17.9 Å². The van der Waals surface area contributed by atoms with Gasteiger partial charge in [-0.25, -0.2) is 13.1 Å². The summed E-state index contributed by atoms with van der Waals surface area (Å²) in [5, 5.41) is 3.91. The number of H-pyrrole nitrogens is 1. The van der Waals surface area contributed by atoms with Crippen molar-refractivity contribution in [1.82, 2.24) is 9.71 Å². The molecule has 0 unspecified atom stereocenters. The molecule has 0 aliphatic carbocycles. The van der Waals surface area contributed by atoms with Crippen LogP contribution < -0.4 is 20.5 Å². The van der Waals surface area contributed by atoms with Crippen molar-refractivity contribution in [3.63, 3.8) is 0 Å². The summed E-state index contributed by atoms with van der Waals surface area (Å²) in [5.41, 5.74) is 8.56. The molecule has 5 N–H and O–H groups in total. The van der Waals surface area contributed by atoms with Gasteiger partial charge in [0, 0.05) is 22.8 Å². The van der Waals surface area contributed by atoms with Gasteiger partial charge in [-0.2, -0.15) is 0 Å². The predicted octanol–water partition coefficient (Wildman–Crippen LogP) is 3.62. The first-order chi connectivity index (χ1) is 14.9. The minimum atomic E-state index is -4.00. The molecule has 0 spiro atoms. The first kappa shape index (κ1) is 20.3. The topological polar surface area (TPSA) is 126 Å². The largest absolute Gasteiger partial charge is 0.497 e. The third-order valence-electron chi connectivity index (χ3n) is 4.70. The molecule has 0 saturated carbocycles. The number of hydrogen-bond donors (Lipinski definition) is 4. The first-order valence-electron chi connectivity index (χ1n) is 9.32. The number of benzene rings is 3. The monoisotopic (exact) mass is 436 g/mol. The fourth-order valence-electron chi connectivity index (χ4n) is 3.16. The van der Waals surface area contributed by atoms with Gasteiger partial charge in [0.05, 0.1) is 23.2 Å². The van der Waals surface area contributed by atoms with E-state index < -0.39 is 15.9 Å². The summed E-state index contributed by atoms with van der Waals surface area (Å²) in [7, 11) is -2.42. The van der Waals surface area contributed by atoms with Crippen LogP contribution >= 0.6 is 0 Å². The van der Waals surface area contributed by atoms with Crippen LogP contribution in [0.5, 0.6) is 5.75 Å². The number of carbonyl (C=O) groups is 1. The molecule has 0 saturated heterocycles. The lowest BCUT2D eigenvalue weighted by Gasteiger charge is -2.10. The SMILES string of the molecule is COc1cccc(Nc2ccc(N)c3[nH]c(C(=O)NS(=O)(=O)c4ccccc4)cc23)c1. The van der Waals surface area contributed by atoms with E-state index in [1.807, 2.05) is 24.3 Å². The maximum absolute atomic E-state index is 12.7. The van der Waals surface area contributed by atoms with Gasteiger partial charge in [-0.05, 0) is 42.5 Å². The van der Waals surface area contributed by atoms with Crippen molar-refractivity contribution in [2.24, 2.45) is 0 Å². The van der Waals surface area contributed by atoms with Crippen molar-refractivity contribution in [2.45, 2.75) is 4.90 Å². The Bertz CT molecular complexity index is 1370. The van der Waals surface area contributed by atoms with Crippen molar-refractivity contribution in [3.05, 3.63) is 78.5 Å². The van der Waals surface area contributed by atoms with Crippen LogP contribution in [0.2, 0.25) is 0 Å². The number of fused-ring (bicyclic) bond motifs is 1. The fourth-order valence-corrected chi connectivity index (χ4v) is 4.15. The molecule has 0 aliphatic heterocycles. The van der Waals surface area contributed by atoms with Gasteiger partial charge in [-0.3, -0.25) is 4.79 Å². The number of nitrogen functional groups attached to an aromatic ring is 1. The van der Waals surface area contributed by atoms with Gasteiger partial charge in [-0.1, -0.05) is 24.3 Å². The number of hydrogen-bond acceptors (Lipinski definition) is 6. The molecule has 4 aromatic rings. The lowest BCUT2D eigenvalue weighted by atomic mass is 10.1. The van der Waals surface area contributed by atoms with Gasteiger partial charge in [-0.15, -0.1) is 0 Å². The molecule has 0 fully saturated rings. The molecule has 0 radical (unpaired) electrons. The standard InChI is InChI=1S/C22H20N4O4S/c1-30-15-7-5-6-14(12-15)24-19-11-10-18(23)21-17(19)13-20(25-21)22(27)26-31(28,29)16-8-3-2-4-9-16/h2-13,24-25H,23H2,1H3,(H,26,27).